The molecule has 1 aliphatic heterocycles. The highest BCUT2D eigenvalue weighted by Gasteiger charge is 2.24. The smallest absolute Gasteiger partial charge is 0.263 e. The van der Waals surface area contributed by atoms with E-state index in [1.54, 1.807) is 25.4 Å². The number of nitrogens with one attached hydrogen (secondary N) is 2. The van der Waals surface area contributed by atoms with Crippen LogP contribution in [0.3, 0.4) is 0 Å². The summed E-state index contributed by atoms with van der Waals surface area (Å²) in [6.45, 7) is 2.72. The van der Waals surface area contributed by atoms with E-state index in [4.69, 9.17) is 17.0 Å². The summed E-state index contributed by atoms with van der Waals surface area (Å²) in [6, 6.07) is 6.15. The number of anilines is 2. The molecule has 0 spiro atoms. The molecule has 1 aromatic carbocycles. The van der Waals surface area contributed by atoms with Crippen molar-refractivity contribution in [2.75, 3.05) is 50.0 Å². The number of hydrogen-bond donors (Lipinski definition) is 2. The lowest BCUT2D eigenvalue weighted by atomic mass is 10.3. The first kappa shape index (κ1) is 20.1. The Bertz CT molecular complexity index is 928. The van der Waals surface area contributed by atoms with E-state index in [1.807, 2.05) is 4.90 Å². The quantitative estimate of drug-likeness (QED) is 0.681. The topological polar surface area (TPSA) is 99.7 Å². The van der Waals surface area contributed by atoms with Crippen LogP contribution in [0.15, 0.2) is 41.6 Å². The van der Waals surface area contributed by atoms with Crippen LogP contribution in [0, 0.1) is 0 Å². The Morgan fingerprint density at radius 3 is 2.36 bits per heavy atom. The Morgan fingerprint density at radius 2 is 1.75 bits per heavy atom. The van der Waals surface area contributed by atoms with E-state index in [1.165, 1.54) is 25.4 Å². The monoisotopic (exact) mass is 422 g/mol. The molecule has 0 saturated carbocycles. The van der Waals surface area contributed by atoms with Gasteiger partial charge in [0.05, 0.1) is 12.0 Å². The predicted octanol–water partition coefficient (Wildman–Crippen LogP) is 0.912. The van der Waals surface area contributed by atoms with Crippen molar-refractivity contribution in [2.24, 2.45) is 0 Å². The number of nitrogens with zero attached hydrogens (tertiary/aromatic N) is 4. The van der Waals surface area contributed by atoms with Crippen molar-refractivity contribution in [1.29, 1.82) is 0 Å². The Balaban J connectivity index is 1.78. The molecule has 3 rings (SSSR count). The number of ether oxygens (including phenoxy) is 1. The van der Waals surface area contributed by atoms with Crippen LogP contribution >= 0.6 is 12.2 Å². The first-order chi connectivity index (χ1) is 13.4. The van der Waals surface area contributed by atoms with Crippen LogP contribution < -0.4 is 19.7 Å². The van der Waals surface area contributed by atoms with E-state index in [0.717, 1.165) is 0 Å². The number of sulfonamides is 1. The second-order valence-corrected chi connectivity index (χ2v) is 8.11. The highest BCUT2D eigenvalue weighted by molar-refractivity contribution is 7.92. The van der Waals surface area contributed by atoms with Crippen molar-refractivity contribution in [3.63, 3.8) is 0 Å². The van der Waals surface area contributed by atoms with Gasteiger partial charge in [0, 0.05) is 45.6 Å². The minimum atomic E-state index is -3.80. The summed E-state index contributed by atoms with van der Waals surface area (Å²) in [4.78, 5) is 12.7. The van der Waals surface area contributed by atoms with Gasteiger partial charge in [-0.05, 0) is 36.5 Å². The molecule has 11 heteroatoms. The average Bonchev–Trinajstić information content (AvgIpc) is 2.73. The molecule has 9 nitrogen and oxygen atoms in total. The van der Waals surface area contributed by atoms with E-state index in [0.29, 0.717) is 42.9 Å². The fraction of sp³-hybridized carbons (Fsp3) is 0.353. The van der Waals surface area contributed by atoms with Crippen molar-refractivity contribution in [1.82, 2.24) is 20.2 Å². The number of rotatable bonds is 5. The van der Waals surface area contributed by atoms with Gasteiger partial charge in [-0.25, -0.2) is 18.4 Å². The van der Waals surface area contributed by atoms with E-state index in [2.05, 4.69) is 24.9 Å². The molecule has 2 N–H and O–H groups in total. The van der Waals surface area contributed by atoms with Gasteiger partial charge in [-0.15, -0.1) is 0 Å². The van der Waals surface area contributed by atoms with Crippen LogP contribution in [0.25, 0.3) is 0 Å². The zero-order chi connectivity index (χ0) is 20.1. The Morgan fingerprint density at radius 1 is 1.11 bits per heavy atom. The molecule has 28 heavy (non-hydrogen) atoms. The fourth-order valence-electron chi connectivity index (χ4n) is 2.85. The lowest BCUT2D eigenvalue weighted by molar-refractivity contribution is 0.381. The first-order valence-corrected chi connectivity index (χ1v) is 10.5. The van der Waals surface area contributed by atoms with Gasteiger partial charge in [0.1, 0.15) is 5.75 Å². The molecule has 1 aromatic heterocycles. The number of hydrogen-bond acceptors (Lipinski definition) is 7. The fourth-order valence-corrected chi connectivity index (χ4v) is 4.05. The maximum atomic E-state index is 12.7. The van der Waals surface area contributed by atoms with Crippen molar-refractivity contribution >= 4 is 39.0 Å². The van der Waals surface area contributed by atoms with Crippen LogP contribution in [-0.4, -0.2) is 68.7 Å². The van der Waals surface area contributed by atoms with Crippen molar-refractivity contribution in [2.45, 2.75) is 4.90 Å². The van der Waals surface area contributed by atoms with Gasteiger partial charge >= 0.3 is 0 Å². The minimum Gasteiger partial charge on any atom is -0.497 e. The van der Waals surface area contributed by atoms with Crippen LogP contribution in [0.1, 0.15) is 0 Å². The standard InChI is InChI=1S/C17H22N6O3S2/c1-18-17(27)23-11-9-22(10-12-23)16-15(19-7-8-20-16)21-28(24,25)14-5-3-13(26-2)4-6-14/h3-8H,9-12H2,1-2H3,(H,18,27)(H,19,21). The molecule has 150 valence electrons. The zero-order valence-electron chi connectivity index (χ0n) is 15.6. The predicted molar refractivity (Wildman–Crippen MR) is 111 cm³/mol. The highest BCUT2D eigenvalue weighted by Crippen LogP contribution is 2.25. The van der Waals surface area contributed by atoms with Gasteiger partial charge in [0.2, 0.25) is 0 Å². The summed E-state index contributed by atoms with van der Waals surface area (Å²) in [7, 11) is -0.484. The van der Waals surface area contributed by atoms with Gasteiger partial charge in [-0.3, -0.25) is 4.72 Å². The Kier molecular flexibility index (Phi) is 6.15. The molecular formula is C17H22N6O3S2. The molecule has 0 aliphatic carbocycles. The molecule has 2 heterocycles. The van der Waals surface area contributed by atoms with Crippen molar-refractivity contribution in [3.8, 4) is 5.75 Å². The molecule has 0 amide bonds. The number of aromatic nitrogens is 2. The van der Waals surface area contributed by atoms with Crippen LogP contribution in [0.4, 0.5) is 11.6 Å². The molecular weight excluding hydrogens is 400 g/mol. The van der Waals surface area contributed by atoms with E-state index in [-0.39, 0.29) is 10.7 Å². The Hall–Kier alpha value is -2.66. The molecule has 1 aliphatic rings. The SMILES string of the molecule is CNC(=S)N1CCN(c2nccnc2NS(=O)(=O)c2ccc(OC)cc2)CC1. The van der Waals surface area contributed by atoms with Gasteiger partial charge < -0.3 is 19.9 Å². The molecule has 2 aromatic rings. The second-order valence-electron chi connectivity index (χ2n) is 6.04. The summed E-state index contributed by atoms with van der Waals surface area (Å²) in [5.74, 6) is 1.27. The third-order valence-corrected chi connectivity index (χ3v) is 6.18. The maximum absolute atomic E-state index is 12.7. The first-order valence-electron chi connectivity index (χ1n) is 8.64. The van der Waals surface area contributed by atoms with E-state index >= 15 is 0 Å². The molecule has 0 unspecified atom stereocenters. The maximum Gasteiger partial charge on any atom is 0.263 e. The van der Waals surface area contributed by atoms with Crippen molar-refractivity contribution < 1.29 is 13.2 Å². The van der Waals surface area contributed by atoms with E-state index in [9.17, 15) is 8.42 Å². The number of methoxy groups -OCH3 is 1. The Labute approximate surface area is 169 Å². The van der Waals surface area contributed by atoms with Crippen LogP contribution in [0.5, 0.6) is 5.75 Å². The molecule has 0 atom stereocenters. The summed E-state index contributed by atoms with van der Waals surface area (Å²) >= 11 is 5.27. The van der Waals surface area contributed by atoms with E-state index < -0.39 is 10.0 Å². The molecule has 1 fully saturated rings. The summed E-state index contributed by atoms with van der Waals surface area (Å²) in [5, 5.41) is 3.66. The average molecular weight is 423 g/mol. The third-order valence-electron chi connectivity index (χ3n) is 4.36. The second kappa shape index (κ2) is 8.57. The van der Waals surface area contributed by atoms with Gasteiger partial charge in [0.25, 0.3) is 10.0 Å². The van der Waals surface area contributed by atoms with Gasteiger partial charge in [-0.1, -0.05) is 0 Å². The largest absolute Gasteiger partial charge is 0.497 e. The zero-order valence-corrected chi connectivity index (χ0v) is 17.3. The van der Waals surface area contributed by atoms with Crippen LogP contribution in [0.2, 0.25) is 0 Å². The molecule has 0 bridgehead atoms. The molecule has 0 radical (unpaired) electrons. The summed E-state index contributed by atoms with van der Waals surface area (Å²) in [5.41, 5.74) is 0. The minimum absolute atomic E-state index is 0.120. The summed E-state index contributed by atoms with van der Waals surface area (Å²) < 4.78 is 33.1. The molecule has 1 saturated heterocycles. The number of benzene rings is 1. The highest BCUT2D eigenvalue weighted by atomic mass is 32.2. The van der Waals surface area contributed by atoms with Gasteiger partial charge in [-0.2, -0.15) is 0 Å². The van der Waals surface area contributed by atoms with Gasteiger partial charge in [0.15, 0.2) is 16.7 Å². The lowest BCUT2D eigenvalue weighted by Gasteiger charge is -2.36. The number of piperazine rings is 1. The van der Waals surface area contributed by atoms with Crippen molar-refractivity contribution in [3.05, 3.63) is 36.7 Å². The number of thiocarbonyl (C=S) groups is 1. The van der Waals surface area contributed by atoms with Crippen LogP contribution in [-0.2, 0) is 10.0 Å². The third kappa shape index (κ3) is 4.42. The lowest BCUT2D eigenvalue weighted by Crippen LogP contribution is -2.51. The summed E-state index contributed by atoms with van der Waals surface area (Å²) in [6.07, 6.45) is 3.01. The normalized spacial score (nSPS) is 14.5.